The number of hydrogen-bond donors (Lipinski definition) is 0. The molecule has 0 aliphatic heterocycles. The molecule has 0 N–H and O–H groups in total. The number of rotatable bonds is 7. The van der Waals surface area contributed by atoms with Crippen LogP contribution in [0.4, 0.5) is 0 Å². The van der Waals surface area contributed by atoms with E-state index in [1.165, 1.54) is 4.90 Å². The fourth-order valence-electron chi connectivity index (χ4n) is 2.56. The number of halogens is 1. The first-order chi connectivity index (χ1) is 13.5. The van der Waals surface area contributed by atoms with E-state index in [2.05, 4.69) is 10.1 Å². The highest BCUT2D eigenvalue weighted by Gasteiger charge is 2.21. The summed E-state index contributed by atoms with van der Waals surface area (Å²) >= 11 is 5.85. The second-order valence-electron chi connectivity index (χ2n) is 6.15. The molecule has 1 aromatic heterocycles. The third kappa shape index (κ3) is 4.80. The largest absolute Gasteiger partial charge is 0.497 e. The lowest BCUT2D eigenvalue weighted by molar-refractivity contribution is -0.137. The van der Waals surface area contributed by atoms with Crippen LogP contribution in [0.2, 0.25) is 5.02 Å². The monoisotopic (exact) mass is 401 g/mol. The molecule has 0 saturated heterocycles. The highest BCUT2D eigenvalue weighted by molar-refractivity contribution is 6.30. The lowest BCUT2D eigenvalue weighted by Crippen LogP contribution is -2.37. The van der Waals surface area contributed by atoms with Crippen LogP contribution in [0.1, 0.15) is 12.8 Å². The van der Waals surface area contributed by atoms with Gasteiger partial charge < -0.3 is 18.9 Å². The van der Waals surface area contributed by atoms with E-state index in [-0.39, 0.29) is 12.5 Å². The maximum absolute atomic E-state index is 12.5. The van der Waals surface area contributed by atoms with Crippen LogP contribution in [0, 0.1) is 0 Å². The van der Waals surface area contributed by atoms with Gasteiger partial charge >= 0.3 is 0 Å². The Morgan fingerprint density at radius 1 is 1.21 bits per heavy atom. The van der Waals surface area contributed by atoms with Crippen LogP contribution >= 0.6 is 11.6 Å². The van der Waals surface area contributed by atoms with E-state index in [0.717, 1.165) is 5.56 Å². The van der Waals surface area contributed by atoms with E-state index in [1.807, 2.05) is 24.3 Å². The first kappa shape index (κ1) is 19.7. The van der Waals surface area contributed by atoms with Crippen LogP contribution < -0.4 is 9.47 Å². The zero-order valence-corrected chi connectivity index (χ0v) is 16.5. The van der Waals surface area contributed by atoms with Gasteiger partial charge in [-0.05, 0) is 43.3 Å². The number of aromatic nitrogens is 2. The maximum Gasteiger partial charge on any atom is 0.263 e. The van der Waals surface area contributed by atoms with Gasteiger partial charge in [0.05, 0.1) is 13.7 Å². The molecule has 1 heterocycles. The van der Waals surface area contributed by atoms with Gasteiger partial charge in [-0.2, -0.15) is 4.98 Å². The Kier molecular flexibility index (Phi) is 6.16. The number of carbonyl (C=O) groups excluding carboxylic acids is 1. The summed E-state index contributed by atoms with van der Waals surface area (Å²) in [5.74, 6) is 1.81. The minimum atomic E-state index is -0.674. The van der Waals surface area contributed by atoms with Crippen molar-refractivity contribution < 1.29 is 18.8 Å². The van der Waals surface area contributed by atoms with Gasteiger partial charge in [0.15, 0.2) is 6.10 Å². The van der Waals surface area contributed by atoms with Gasteiger partial charge in [0, 0.05) is 17.6 Å². The Bertz CT molecular complexity index is 943. The van der Waals surface area contributed by atoms with Crippen molar-refractivity contribution in [2.75, 3.05) is 14.2 Å². The molecular formula is C20H20ClN3O4. The summed E-state index contributed by atoms with van der Waals surface area (Å²) in [4.78, 5) is 18.4. The number of nitrogens with zero attached hydrogens (tertiary/aromatic N) is 3. The highest BCUT2D eigenvalue weighted by Crippen LogP contribution is 2.22. The van der Waals surface area contributed by atoms with E-state index in [0.29, 0.717) is 28.2 Å². The number of benzene rings is 2. The average Bonchev–Trinajstić information content (AvgIpc) is 3.17. The van der Waals surface area contributed by atoms with Gasteiger partial charge in [-0.15, -0.1) is 0 Å². The van der Waals surface area contributed by atoms with Crippen LogP contribution in [0.25, 0.3) is 11.4 Å². The van der Waals surface area contributed by atoms with Crippen LogP contribution in [0.15, 0.2) is 53.1 Å². The molecule has 0 bridgehead atoms. The second-order valence-corrected chi connectivity index (χ2v) is 6.59. The molecule has 8 heteroatoms. The first-order valence-electron chi connectivity index (χ1n) is 8.60. The van der Waals surface area contributed by atoms with E-state index >= 15 is 0 Å². The Balaban J connectivity index is 1.62. The zero-order valence-electron chi connectivity index (χ0n) is 15.8. The van der Waals surface area contributed by atoms with Crippen molar-refractivity contribution in [3.05, 3.63) is 59.4 Å². The molecule has 2 aromatic carbocycles. The van der Waals surface area contributed by atoms with Crippen LogP contribution in [0.3, 0.4) is 0 Å². The van der Waals surface area contributed by atoms with Gasteiger partial charge in [-0.25, -0.2) is 0 Å². The molecular weight excluding hydrogens is 382 g/mol. The molecule has 3 rings (SSSR count). The van der Waals surface area contributed by atoms with Crippen molar-refractivity contribution in [3.63, 3.8) is 0 Å². The summed E-state index contributed by atoms with van der Waals surface area (Å²) < 4.78 is 16.1. The number of carbonyl (C=O) groups is 1. The SMILES string of the molecule is COc1cccc(-c2noc(CN(C)C(=O)C(C)Oc3ccc(Cl)cc3)n2)c1. The molecule has 7 nitrogen and oxygen atoms in total. The van der Waals surface area contributed by atoms with Crippen LogP contribution in [-0.2, 0) is 11.3 Å². The molecule has 146 valence electrons. The molecule has 0 aliphatic rings. The van der Waals surface area contributed by atoms with E-state index in [9.17, 15) is 4.79 Å². The third-order valence-electron chi connectivity index (χ3n) is 4.02. The molecule has 28 heavy (non-hydrogen) atoms. The van der Waals surface area contributed by atoms with E-state index < -0.39 is 6.10 Å². The molecule has 0 spiro atoms. The number of likely N-dealkylation sites (N-methyl/N-ethyl adjacent to an activating group) is 1. The number of ether oxygens (including phenoxy) is 2. The summed E-state index contributed by atoms with van der Waals surface area (Å²) in [5, 5.41) is 4.58. The Labute approximate surface area is 167 Å². The molecule has 0 aliphatic carbocycles. The van der Waals surface area contributed by atoms with Crippen molar-refractivity contribution in [2.24, 2.45) is 0 Å². The first-order valence-corrected chi connectivity index (χ1v) is 8.98. The molecule has 0 saturated carbocycles. The van der Waals surface area contributed by atoms with Crippen LogP contribution in [-0.4, -0.2) is 41.2 Å². The smallest absolute Gasteiger partial charge is 0.263 e. The lowest BCUT2D eigenvalue weighted by atomic mass is 10.2. The molecule has 0 fully saturated rings. The molecule has 1 unspecified atom stereocenters. The number of hydrogen-bond acceptors (Lipinski definition) is 6. The van der Waals surface area contributed by atoms with Gasteiger partial charge in [0.1, 0.15) is 11.5 Å². The molecule has 1 amide bonds. The van der Waals surface area contributed by atoms with Gasteiger partial charge in [-0.3, -0.25) is 4.79 Å². The summed E-state index contributed by atoms with van der Waals surface area (Å²) in [7, 11) is 3.24. The predicted octanol–water partition coefficient (Wildman–Crippen LogP) is 3.82. The fourth-order valence-corrected chi connectivity index (χ4v) is 2.68. The maximum atomic E-state index is 12.5. The Hall–Kier alpha value is -3.06. The molecule has 0 radical (unpaired) electrons. The van der Waals surface area contributed by atoms with Gasteiger partial charge in [-0.1, -0.05) is 28.9 Å². The summed E-state index contributed by atoms with van der Waals surface area (Å²) in [6, 6.07) is 14.2. The normalized spacial score (nSPS) is 11.7. The van der Waals surface area contributed by atoms with E-state index in [1.54, 1.807) is 45.3 Å². The average molecular weight is 402 g/mol. The zero-order chi connectivity index (χ0) is 20.1. The predicted molar refractivity (Wildman–Crippen MR) is 104 cm³/mol. The number of amides is 1. The highest BCUT2D eigenvalue weighted by atomic mass is 35.5. The van der Waals surface area contributed by atoms with Crippen molar-refractivity contribution in [3.8, 4) is 22.9 Å². The van der Waals surface area contributed by atoms with E-state index in [4.69, 9.17) is 25.6 Å². The third-order valence-corrected chi connectivity index (χ3v) is 4.27. The summed E-state index contributed by atoms with van der Waals surface area (Å²) in [6.07, 6.45) is -0.674. The minimum absolute atomic E-state index is 0.171. The van der Waals surface area contributed by atoms with Crippen molar-refractivity contribution in [1.29, 1.82) is 0 Å². The second kappa shape index (κ2) is 8.75. The Morgan fingerprint density at radius 2 is 1.96 bits per heavy atom. The quantitative estimate of drug-likeness (QED) is 0.598. The summed E-state index contributed by atoms with van der Waals surface area (Å²) in [5.41, 5.74) is 0.766. The summed E-state index contributed by atoms with van der Waals surface area (Å²) in [6.45, 7) is 1.85. The Morgan fingerprint density at radius 3 is 2.68 bits per heavy atom. The molecule has 3 aromatic rings. The van der Waals surface area contributed by atoms with Gasteiger partial charge in [0.25, 0.3) is 5.91 Å². The van der Waals surface area contributed by atoms with Crippen molar-refractivity contribution in [1.82, 2.24) is 15.0 Å². The lowest BCUT2D eigenvalue weighted by Gasteiger charge is -2.20. The van der Waals surface area contributed by atoms with Crippen LogP contribution in [0.5, 0.6) is 11.5 Å². The topological polar surface area (TPSA) is 77.7 Å². The number of methoxy groups -OCH3 is 1. The van der Waals surface area contributed by atoms with Crippen molar-refractivity contribution in [2.45, 2.75) is 19.6 Å². The van der Waals surface area contributed by atoms with Crippen molar-refractivity contribution >= 4 is 17.5 Å². The fraction of sp³-hybridized carbons (Fsp3) is 0.250. The molecule has 1 atom stereocenters. The minimum Gasteiger partial charge on any atom is -0.497 e. The van der Waals surface area contributed by atoms with Gasteiger partial charge in [0.2, 0.25) is 11.7 Å². The standard InChI is InChI=1S/C20H20ClN3O4/c1-13(27-16-9-7-15(21)8-10-16)20(25)24(2)12-18-22-19(23-28-18)14-5-4-6-17(11-14)26-3/h4-11,13H,12H2,1-3H3.